The van der Waals surface area contributed by atoms with Crippen LogP contribution in [-0.4, -0.2) is 57.9 Å². The zero-order valence-electron chi connectivity index (χ0n) is 16.8. The van der Waals surface area contributed by atoms with Crippen LogP contribution in [0, 0.1) is 5.92 Å². The number of benzene rings is 1. The number of carbonyl (C=O) groups is 3. The van der Waals surface area contributed by atoms with Crippen LogP contribution >= 0.6 is 0 Å². The molecule has 0 bridgehead atoms. The highest BCUT2D eigenvalue weighted by molar-refractivity contribution is 5.99. The maximum atomic E-state index is 12.6. The van der Waals surface area contributed by atoms with Crippen molar-refractivity contribution < 1.29 is 19.5 Å². The van der Waals surface area contributed by atoms with Crippen LogP contribution in [0.25, 0.3) is 10.9 Å². The summed E-state index contributed by atoms with van der Waals surface area (Å²) < 4.78 is 1.62. The second-order valence-corrected chi connectivity index (χ2v) is 8.04. The van der Waals surface area contributed by atoms with Crippen LogP contribution in [0.3, 0.4) is 0 Å². The van der Waals surface area contributed by atoms with Crippen LogP contribution in [0.1, 0.15) is 36.0 Å². The van der Waals surface area contributed by atoms with E-state index in [2.05, 4.69) is 26.4 Å². The van der Waals surface area contributed by atoms with E-state index in [1.807, 2.05) is 0 Å². The van der Waals surface area contributed by atoms with Gasteiger partial charge in [0.1, 0.15) is 11.8 Å². The van der Waals surface area contributed by atoms with Crippen molar-refractivity contribution >= 4 is 28.7 Å². The number of aryl methyl sites for hydroxylation is 1. The van der Waals surface area contributed by atoms with Gasteiger partial charge in [-0.25, -0.2) is 4.79 Å². The van der Waals surface area contributed by atoms with Gasteiger partial charge >= 0.3 is 6.03 Å². The molecule has 160 valence electrons. The first-order valence-electron chi connectivity index (χ1n) is 10.2. The number of fused-ring (bicyclic) bond motifs is 1. The Hall–Kier alpha value is -3.30. The Kier molecular flexibility index (Phi) is 5.47. The molecule has 1 aromatic heterocycles. The van der Waals surface area contributed by atoms with Crippen LogP contribution in [0.2, 0.25) is 0 Å². The van der Waals surface area contributed by atoms with Gasteiger partial charge in [-0.3, -0.25) is 14.3 Å². The van der Waals surface area contributed by atoms with E-state index in [1.54, 1.807) is 24.0 Å². The monoisotopic (exact) mass is 414 g/mol. The lowest BCUT2D eigenvalue weighted by Gasteiger charge is -2.29. The quantitative estimate of drug-likeness (QED) is 0.481. The normalized spacial score (nSPS) is 23.6. The van der Waals surface area contributed by atoms with Crippen molar-refractivity contribution in [2.45, 2.75) is 37.8 Å². The summed E-state index contributed by atoms with van der Waals surface area (Å²) in [6.07, 6.45) is 5.03. The smallest absolute Gasteiger partial charge is 0.315 e. The molecule has 1 aliphatic heterocycles. The Balaban J connectivity index is 1.25. The zero-order chi connectivity index (χ0) is 21.3. The first-order chi connectivity index (χ1) is 14.4. The molecular weight excluding hydrogens is 388 g/mol. The van der Waals surface area contributed by atoms with E-state index in [4.69, 9.17) is 0 Å². The van der Waals surface area contributed by atoms with Gasteiger partial charge in [-0.05, 0) is 43.7 Å². The summed E-state index contributed by atoms with van der Waals surface area (Å²) in [4.78, 5) is 35.9. The number of hydrogen-bond donors (Lipinski definition) is 5. The van der Waals surface area contributed by atoms with Crippen LogP contribution < -0.4 is 21.3 Å². The summed E-state index contributed by atoms with van der Waals surface area (Å²) in [7, 11) is 1.76. The number of nitrogens with zero attached hydrogens (tertiary/aromatic N) is 2. The summed E-state index contributed by atoms with van der Waals surface area (Å²) in [6, 6.07) is 2.45. The van der Waals surface area contributed by atoms with Crippen molar-refractivity contribution in [2.24, 2.45) is 13.0 Å². The molecule has 0 spiro atoms. The predicted molar refractivity (Wildman–Crippen MR) is 109 cm³/mol. The molecule has 1 saturated heterocycles. The Bertz CT molecular complexity index is 979. The average molecular weight is 414 g/mol. The highest BCUT2D eigenvalue weighted by Gasteiger charge is 2.30. The molecule has 10 heteroatoms. The van der Waals surface area contributed by atoms with Gasteiger partial charge in [0.25, 0.3) is 5.91 Å². The number of rotatable bonds is 5. The highest BCUT2D eigenvalue weighted by Crippen LogP contribution is 2.27. The van der Waals surface area contributed by atoms with E-state index in [-0.39, 0.29) is 29.6 Å². The topological polar surface area (TPSA) is 137 Å². The molecule has 10 nitrogen and oxygen atoms in total. The molecule has 30 heavy (non-hydrogen) atoms. The van der Waals surface area contributed by atoms with E-state index in [0.717, 1.165) is 25.7 Å². The SMILES string of the molecule is Cn1ncc2c(O)cc(C(=O)NCC3CCC(NC(=O)[C@H]4CNC(=O)N4)CC3)cc21. The zero-order valence-corrected chi connectivity index (χ0v) is 16.8. The maximum Gasteiger partial charge on any atom is 0.315 e. The third-order valence-electron chi connectivity index (χ3n) is 5.94. The summed E-state index contributed by atoms with van der Waals surface area (Å²) in [6.45, 7) is 0.860. The molecule has 4 amide bonds. The fourth-order valence-electron chi connectivity index (χ4n) is 4.13. The third-order valence-corrected chi connectivity index (χ3v) is 5.94. The van der Waals surface area contributed by atoms with Gasteiger partial charge in [-0.2, -0.15) is 5.10 Å². The van der Waals surface area contributed by atoms with Gasteiger partial charge in [0.05, 0.1) is 17.1 Å². The number of amides is 4. The van der Waals surface area contributed by atoms with Crippen LogP contribution in [0.15, 0.2) is 18.3 Å². The van der Waals surface area contributed by atoms with Crippen molar-refractivity contribution in [1.29, 1.82) is 0 Å². The number of aromatic hydroxyl groups is 1. The molecule has 0 radical (unpaired) electrons. The standard InChI is InChI=1S/C20H26N6O4/c1-26-16-6-12(7-17(27)14(16)9-23-26)18(28)21-8-11-2-4-13(5-3-11)24-19(29)15-10-22-20(30)25-15/h6-7,9,11,13,15,27H,2-5,8,10H2,1H3,(H,21,28)(H,24,29)(H2,22,25,30)/t11?,13?,15-/m1/s1. The van der Waals surface area contributed by atoms with E-state index in [0.29, 0.717) is 35.5 Å². The summed E-state index contributed by atoms with van der Waals surface area (Å²) in [5.41, 5.74) is 1.10. The Morgan fingerprint density at radius 2 is 2.03 bits per heavy atom. The minimum Gasteiger partial charge on any atom is -0.507 e. The minimum absolute atomic E-state index is 0.0376. The summed E-state index contributed by atoms with van der Waals surface area (Å²) in [5.74, 6) is -0.0107. The molecule has 4 rings (SSSR count). The number of hydrogen-bond acceptors (Lipinski definition) is 5. The van der Waals surface area contributed by atoms with E-state index in [9.17, 15) is 19.5 Å². The molecule has 2 heterocycles. The first kappa shape index (κ1) is 20.0. The molecule has 5 N–H and O–H groups in total. The van der Waals surface area contributed by atoms with Crippen LogP contribution in [-0.2, 0) is 11.8 Å². The first-order valence-corrected chi connectivity index (χ1v) is 10.2. The van der Waals surface area contributed by atoms with Crippen LogP contribution in [0.5, 0.6) is 5.75 Å². The van der Waals surface area contributed by atoms with Gasteiger partial charge in [-0.1, -0.05) is 0 Å². The van der Waals surface area contributed by atoms with Gasteiger partial charge in [0, 0.05) is 31.7 Å². The van der Waals surface area contributed by atoms with E-state index >= 15 is 0 Å². The molecule has 1 saturated carbocycles. The van der Waals surface area contributed by atoms with Crippen molar-refractivity contribution in [3.8, 4) is 5.75 Å². The molecule has 1 atom stereocenters. The molecule has 2 aromatic rings. The van der Waals surface area contributed by atoms with Crippen molar-refractivity contribution in [1.82, 2.24) is 31.0 Å². The fraction of sp³-hybridized carbons (Fsp3) is 0.500. The molecular formula is C20H26N6O4. The third kappa shape index (κ3) is 4.17. The highest BCUT2D eigenvalue weighted by atomic mass is 16.3. The number of aromatic nitrogens is 2. The molecule has 2 fully saturated rings. The number of nitrogens with one attached hydrogen (secondary N) is 4. The van der Waals surface area contributed by atoms with Gasteiger partial charge in [0.2, 0.25) is 5.91 Å². The number of urea groups is 1. The molecule has 0 unspecified atom stereocenters. The maximum absolute atomic E-state index is 12.6. The molecule has 1 aromatic carbocycles. The lowest BCUT2D eigenvalue weighted by atomic mass is 9.86. The number of phenols is 1. The van der Waals surface area contributed by atoms with Crippen LogP contribution in [0.4, 0.5) is 4.79 Å². The lowest BCUT2D eigenvalue weighted by molar-refractivity contribution is -0.123. The Morgan fingerprint density at radius 1 is 1.27 bits per heavy atom. The lowest BCUT2D eigenvalue weighted by Crippen LogP contribution is -2.48. The van der Waals surface area contributed by atoms with Gasteiger partial charge < -0.3 is 26.4 Å². The largest absolute Gasteiger partial charge is 0.507 e. The Labute approximate surface area is 173 Å². The van der Waals surface area contributed by atoms with Crippen molar-refractivity contribution in [3.05, 3.63) is 23.9 Å². The average Bonchev–Trinajstić information content (AvgIpc) is 3.33. The van der Waals surface area contributed by atoms with Gasteiger partial charge in [0.15, 0.2) is 0 Å². The van der Waals surface area contributed by atoms with E-state index in [1.165, 1.54) is 6.07 Å². The number of carbonyl (C=O) groups excluding carboxylic acids is 3. The van der Waals surface area contributed by atoms with Crippen molar-refractivity contribution in [2.75, 3.05) is 13.1 Å². The van der Waals surface area contributed by atoms with Crippen molar-refractivity contribution in [3.63, 3.8) is 0 Å². The molecule has 1 aliphatic carbocycles. The molecule has 2 aliphatic rings. The second-order valence-electron chi connectivity index (χ2n) is 8.04. The minimum atomic E-state index is -0.511. The second kappa shape index (κ2) is 8.21. The number of phenolic OH excluding ortho intramolecular Hbond substituents is 1. The Morgan fingerprint density at radius 3 is 2.73 bits per heavy atom. The summed E-state index contributed by atoms with van der Waals surface area (Å²) >= 11 is 0. The van der Waals surface area contributed by atoms with Gasteiger partial charge in [-0.15, -0.1) is 0 Å². The summed E-state index contributed by atoms with van der Waals surface area (Å²) in [5, 5.41) is 26.0. The van der Waals surface area contributed by atoms with E-state index < -0.39 is 6.04 Å². The fourth-order valence-corrected chi connectivity index (χ4v) is 4.13. The predicted octanol–water partition coefficient (Wildman–Crippen LogP) is 0.365.